The number of nitrogens with one attached hydrogen (secondary N) is 2. The van der Waals surface area contributed by atoms with Crippen LogP contribution in [-0.2, 0) is 10.0 Å². The molecule has 5 aromatic rings. The van der Waals surface area contributed by atoms with Crippen LogP contribution in [0.1, 0.15) is 36.4 Å². The Hall–Kier alpha value is -4.29. The minimum atomic E-state index is -3.77. The lowest BCUT2D eigenvalue weighted by atomic mass is 9.75. The fraction of sp³-hybridized carbons (Fsp3) is 0.176. The summed E-state index contributed by atoms with van der Waals surface area (Å²) in [7, 11) is -3.77. The Balaban J connectivity index is 1.27. The highest BCUT2D eigenvalue weighted by molar-refractivity contribution is 7.92. The highest BCUT2D eigenvalue weighted by Gasteiger charge is 2.39. The average Bonchev–Trinajstić information content (AvgIpc) is 3.47. The van der Waals surface area contributed by atoms with Crippen molar-refractivity contribution in [2.75, 3.05) is 16.6 Å². The number of hydrogen-bond acceptors (Lipinski definition) is 4. The molecule has 1 aliphatic heterocycles. The van der Waals surface area contributed by atoms with Crippen molar-refractivity contribution in [3.63, 3.8) is 0 Å². The van der Waals surface area contributed by atoms with Gasteiger partial charge in [-0.15, -0.1) is 0 Å². The normalized spacial score (nSPS) is 19.7. The fourth-order valence-electron chi connectivity index (χ4n) is 6.41. The number of anilines is 2. The van der Waals surface area contributed by atoms with Gasteiger partial charge in [0.25, 0.3) is 10.0 Å². The molecule has 6 heteroatoms. The third kappa shape index (κ3) is 4.20. The van der Waals surface area contributed by atoms with E-state index in [-0.39, 0.29) is 22.8 Å². The summed E-state index contributed by atoms with van der Waals surface area (Å²) in [5, 5.41) is 8.82. The summed E-state index contributed by atoms with van der Waals surface area (Å²) in [6, 6.07) is 32.0. The Morgan fingerprint density at radius 3 is 2.27 bits per heavy atom. The lowest BCUT2D eigenvalue weighted by Crippen LogP contribution is -2.29. The molecule has 5 aromatic carbocycles. The van der Waals surface area contributed by atoms with E-state index < -0.39 is 10.0 Å². The Labute approximate surface area is 234 Å². The highest BCUT2D eigenvalue weighted by Crippen LogP contribution is 2.52. The molecule has 40 heavy (non-hydrogen) atoms. The molecule has 0 saturated carbocycles. The van der Waals surface area contributed by atoms with E-state index in [9.17, 15) is 8.42 Å². The highest BCUT2D eigenvalue weighted by atomic mass is 32.2. The molecule has 3 atom stereocenters. The summed E-state index contributed by atoms with van der Waals surface area (Å²) < 4.78 is 35.0. The molecular formula is C34H30N2O3S. The first-order valence-corrected chi connectivity index (χ1v) is 15.2. The van der Waals surface area contributed by atoms with Gasteiger partial charge in [0.2, 0.25) is 0 Å². The number of hydrogen-bond donors (Lipinski definition) is 2. The van der Waals surface area contributed by atoms with Crippen LogP contribution in [0.5, 0.6) is 5.75 Å². The van der Waals surface area contributed by atoms with Crippen LogP contribution in [0.3, 0.4) is 0 Å². The zero-order valence-electron chi connectivity index (χ0n) is 22.2. The predicted molar refractivity (Wildman–Crippen MR) is 163 cm³/mol. The van der Waals surface area contributed by atoms with E-state index >= 15 is 0 Å². The molecular weight excluding hydrogens is 516 g/mol. The third-order valence-electron chi connectivity index (χ3n) is 8.19. The number of benzene rings is 5. The van der Waals surface area contributed by atoms with Gasteiger partial charge in [0.15, 0.2) is 0 Å². The molecule has 2 aliphatic rings. The molecule has 0 bridgehead atoms. The zero-order chi connectivity index (χ0) is 27.3. The SMILES string of the molecule is CCOc1ccc(NS(=O)(=O)c2ccc3c(c2)C2C=CCC2C(c2c4ccccc4cc4ccccc24)N3)cc1. The molecule has 1 aliphatic carbocycles. The molecule has 3 unspecified atom stereocenters. The van der Waals surface area contributed by atoms with Crippen molar-refractivity contribution in [2.45, 2.75) is 30.2 Å². The molecule has 7 rings (SSSR count). The molecule has 0 amide bonds. The lowest BCUT2D eigenvalue weighted by molar-refractivity contribution is 0.340. The van der Waals surface area contributed by atoms with Gasteiger partial charge in [-0.05, 0) is 100 Å². The summed E-state index contributed by atoms with van der Waals surface area (Å²) in [6.45, 7) is 2.47. The fourth-order valence-corrected chi connectivity index (χ4v) is 7.50. The maximum Gasteiger partial charge on any atom is 0.261 e. The first-order valence-electron chi connectivity index (χ1n) is 13.7. The standard InChI is InChI=1S/C34H30N2O3S/c1-2-39-25-16-14-24(15-17-25)36-40(37,38)26-18-19-32-31(21-26)29-12-7-13-30(29)34(35-32)33-27-10-5-3-8-22(27)20-23-9-4-6-11-28(23)33/h3-12,14-21,29-30,34-36H,2,13H2,1H3. The van der Waals surface area contributed by atoms with E-state index in [1.807, 2.05) is 19.1 Å². The van der Waals surface area contributed by atoms with Crippen LogP contribution < -0.4 is 14.8 Å². The van der Waals surface area contributed by atoms with E-state index in [0.29, 0.717) is 18.0 Å². The van der Waals surface area contributed by atoms with Gasteiger partial charge in [-0.2, -0.15) is 0 Å². The molecule has 200 valence electrons. The van der Waals surface area contributed by atoms with Crippen LogP contribution in [0.4, 0.5) is 11.4 Å². The molecule has 2 N–H and O–H groups in total. The van der Waals surface area contributed by atoms with E-state index in [2.05, 4.69) is 76.8 Å². The van der Waals surface area contributed by atoms with Crippen LogP contribution in [0.25, 0.3) is 21.5 Å². The molecule has 0 fully saturated rings. The van der Waals surface area contributed by atoms with Crippen LogP contribution in [-0.4, -0.2) is 15.0 Å². The smallest absolute Gasteiger partial charge is 0.261 e. The molecule has 5 nitrogen and oxygen atoms in total. The molecule has 1 heterocycles. The summed E-state index contributed by atoms with van der Waals surface area (Å²) in [5.74, 6) is 1.11. The maximum atomic E-state index is 13.4. The first kappa shape index (κ1) is 24.7. The minimum Gasteiger partial charge on any atom is -0.494 e. The number of allylic oxidation sites excluding steroid dienone is 2. The van der Waals surface area contributed by atoms with Gasteiger partial charge >= 0.3 is 0 Å². The summed E-state index contributed by atoms with van der Waals surface area (Å²) in [4.78, 5) is 0.259. The molecule has 0 spiro atoms. The van der Waals surface area contributed by atoms with Gasteiger partial charge < -0.3 is 10.1 Å². The summed E-state index contributed by atoms with van der Waals surface area (Å²) in [6.07, 6.45) is 5.42. The van der Waals surface area contributed by atoms with Crippen LogP contribution in [0, 0.1) is 5.92 Å². The summed E-state index contributed by atoms with van der Waals surface area (Å²) in [5.41, 5.74) is 3.82. The Kier molecular flexibility index (Phi) is 6.01. The molecule has 0 saturated heterocycles. The van der Waals surface area contributed by atoms with Crippen LogP contribution in [0.15, 0.2) is 114 Å². The number of ether oxygens (including phenoxy) is 1. The van der Waals surface area contributed by atoms with E-state index in [1.165, 1.54) is 27.1 Å². The van der Waals surface area contributed by atoms with Crippen molar-refractivity contribution in [1.82, 2.24) is 0 Å². The predicted octanol–water partition coefficient (Wildman–Crippen LogP) is 8.02. The number of sulfonamides is 1. The van der Waals surface area contributed by atoms with Crippen molar-refractivity contribution in [3.05, 3.63) is 120 Å². The topological polar surface area (TPSA) is 67.4 Å². The van der Waals surface area contributed by atoms with Crippen molar-refractivity contribution in [3.8, 4) is 5.75 Å². The van der Waals surface area contributed by atoms with Gasteiger partial charge in [-0.3, -0.25) is 4.72 Å². The van der Waals surface area contributed by atoms with E-state index in [0.717, 1.165) is 17.7 Å². The minimum absolute atomic E-state index is 0.0907. The molecule has 0 radical (unpaired) electrons. The van der Waals surface area contributed by atoms with Crippen molar-refractivity contribution < 1.29 is 13.2 Å². The molecule has 0 aromatic heterocycles. The second-order valence-electron chi connectivity index (χ2n) is 10.5. The van der Waals surface area contributed by atoms with Crippen molar-refractivity contribution in [2.24, 2.45) is 5.92 Å². The van der Waals surface area contributed by atoms with Crippen molar-refractivity contribution >= 4 is 42.9 Å². The Bertz CT molecular complexity index is 1830. The number of fused-ring (bicyclic) bond motifs is 5. The quantitative estimate of drug-likeness (QED) is 0.167. The van der Waals surface area contributed by atoms with Gasteiger partial charge in [-0.25, -0.2) is 8.42 Å². The van der Waals surface area contributed by atoms with Gasteiger partial charge in [0.05, 0.1) is 17.5 Å². The maximum absolute atomic E-state index is 13.4. The van der Waals surface area contributed by atoms with Gasteiger partial charge in [-0.1, -0.05) is 60.7 Å². The van der Waals surface area contributed by atoms with Crippen molar-refractivity contribution in [1.29, 1.82) is 0 Å². The van der Waals surface area contributed by atoms with E-state index in [1.54, 1.807) is 30.3 Å². The average molecular weight is 547 g/mol. The van der Waals surface area contributed by atoms with Crippen LogP contribution in [0.2, 0.25) is 0 Å². The Morgan fingerprint density at radius 1 is 0.875 bits per heavy atom. The first-order chi connectivity index (χ1) is 19.5. The van der Waals surface area contributed by atoms with Gasteiger partial charge in [0, 0.05) is 17.3 Å². The van der Waals surface area contributed by atoms with Crippen LogP contribution >= 0.6 is 0 Å². The second kappa shape index (κ2) is 9.72. The Morgan fingerprint density at radius 2 is 1.57 bits per heavy atom. The monoisotopic (exact) mass is 546 g/mol. The zero-order valence-corrected chi connectivity index (χ0v) is 23.0. The second-order valence-corrected chi connectivity index (χ2v) is 12.2. The summed E-state index contributed by atoms with van der Waals surface area (Å²) >= 11 is 0. The number of rotatable bonds is 6. The third-order valence-corrected chi connectivity index (χ3v) is 9.56. The van der Waals surface area contributed by atoms with Gasteiger partial charge in [0.1, 0.15) is 5.75 Å². The van der Waals surface area contributed by atoms with E-state index in [4.69, 9.17) is 4.74 Å². The largest absolute Gasteiger partial charge is 0.494 e. The lowest BCUT2D eigenvalue weighted by Gasteiger charge is -2.38.